The number of hydrogen-bond donors (Lipinski definition) is 3. The molecule has 25 nitrogen and oxygen atoms in total. The zero-order chi connectivity index (χ0) is 67.9. The van der Waals surface area contributed by atoms with Gasteiger partial charge in [-0.25, -0.2) is 24.1 Å². The van der Waals surface area contributed by atoms with Crippen molar-refractivity contribution in [2.45, 2.75) is 147 Å². The zero-order valence-electron chi connectivity index (χ0n) is 54.2. The summed E-state index contributed by atoms with van der Waals surface area (Å²) in [5, 5.41) is 22.2. The molecule has 3 aromatic heterocycles. The van der Waals surface area contributed by atoms with Gasteiger partial charge in [0.15, 0.2) is 28.6 Å². The SMILES string of the molecule is CC(=O)c1nc2n(c(=O)c1OCc1ccccc1)CC1CCC2(OCC(=O)N(C)C)CC1.CC(=O)c1nc2n(c(=O)c1OCc1ccccc1)CC1CCC2(OCC(=O)O)CC1.CN(C)C(=O)COC12CCC(CC1)Cn1c2nc(C(=O)NCc2ccc(F)cc2)c(O)c1=O. The number of carbonyl (C=O) groups excluding carboxylic acids is 5. The van der Waals surface area contributed by atoms with Crippen LogP contribution < -0.4 is 31.5 Å². The number of nitrogens with zero attached hydrogens (tertiary/aromatic N) is 8. The number of fused-ring (bicyclic) bond motifs is 6. The van der Waals surface area contributed by atoms with E-state index in [0.717, 1.165) is 49.7 Å². The summed E-state index contributed by atoms with van der Waals surface area (Å²) in [6.07, 6.45) is 8.49. The van der Waals surface area contributed by atoms with Crippen molar-refractivity contribution in [3.05, 3.63) is 173 Å². The number of hydrogen-bond acceptors (Lipinski definition) is 18. The summed E-state index contributed by atoms with van der Waals surface area (Å²) in [6, 6.07) is 24.4. The highest BCUT2D eigenvalue weighted by atomic mass is 19.1. The Hall–Kier alpha value is -9.27. The van der Waals surface area contributed by atoms with Gasteiger partial charge in [0.2, 0.25) is 29.1 Å². The maximum atomic E-state index is 13.5. The Morgan fingerprint density at radius 3 is 1.24 bits per heavy atom. The molecule has 95 heavy (non-hydrogen) atoms. The van der Waals surface area contributed by atoms with Crippen LogP contribution in [0.1, 0.15) is 157 Å². The van der Waals surface area contributed by atoms with Crippen LogP contribution in [0.4, 0.5) is 4.39 Å². The molecule has 9 aliphatic rings. The second-order valence-electron chi connectivity index (χ2n) is 25.7. The third-order valence-corrected chi connectivity index (χ3v) is 18.8. The lowest BCUT2D eigenvalue weighted by Gasteiger charge is -2.36. The summed E-state index contributed by atoms with van der Waals surface area (Å²) in [6.45, 7) is 3.67. The fraction of sp³-hybridized carbons (Fsp3) is 0.478. The molecule has 3 aromatic carbocycles. The molecule has 3 N–H and O–H groups in total. The molecule has 3 saturated carbocycles. The number of aromatic nitrogens is 6. The minimum Gasteiger partial charge on any atom is -0.501 e. The van der Waals surface area contributed by atoms with Crippen molar-refractivity contribution in [1.82, 2.24) is 43.8 Å². The highest BCUT2D eigenvalue weighted by molar-refractivity contribution is 5.96. The summed E-state index contributed by atoms with van der Waals surface area (Å²) in [5.41, 5.74) is -2.31. The number of ether oxygens (including phenoxy) is 5. The molecule has 0 atom stereocenters. The van der Waals surface area contributed by atoms with E-state index in [4.69, 9.17) is 28.8 Å². The van der Waals surface area contributed by atoms with Crippen molar-refractivity contribution < 1.29 is 67.1 Å². The number of Topliss-reactive ketones (excluding diaryl/α,β-unsaturated/α-hetero) is 2. The minimum atomic E-state index is -1.08. The van der Waals surface area contributed by atoms with Crippen LogP contribution in [-0.4, -0.2) is 132 Å². The number of ketones is 2. The van der Waals surface area contributed by atoms with Gasteiger partial charge in [0.25, 0.3) is 22.6 Å². The molecule has 0 saturated heterocycles. The topological polar surface area (TPSA) is 312 Å². The van der Waals surface area contributed by atoms with Crippen LogP contribution in [0.3, 0.4) is 0 Å². The van der Waals surface area contributed by atoms with Gasteiger partial charge in [0.1, 0.15) is 73.1 Å². The molecule has 6 aromatic rings. The number of benzene rings is 3. The summed E-state index contributed by atoms with van der Waals surface area (Å²) < 4.78 is 47.4. The van der Waals surface area contributed by atoms with Gasteiger partial charge in [-0.1, -0.05) is 72.8 Å². The van der Waals surface area contributed by atoms with Gasteiger partial charge in [-0.3, -0.25) is 52.1 Å². The number of carboxylic acids is 1. The van der Waals surface area contributed by atoms with E-state index in [2.05, 4.69) is 20.3 Å². The Morgan fingerprint density at radius 2 is 0.884 bits per heavy atom. The fourth-order valence-corrected chi connectivity index (χ4v) is 13.3. The largest absolute Gasteiger partial charge is 0.501 e. The standard InChI is InChI=1S/C24H29N3O5.C23H27FN4O5.C22H24N2O6/c1-16(28)20-21(31-14-18-7-5-4-6-8-18)22(30)27-13-17-9-11-24(12-10-17,23(27)25-20)32-15-19(29)26(2)3;1-27(2)17(29)13-33-23-9-7-15(8-10-23)12-28-21(32)19(30)18(26-22(23)28)20(31)25-11-14-3-5-16(24)6-4-14;1-14(25)18-19(29-12-16-5-3-2-4-6-16)20(28)24-11-15-7-9-22(10-8-15,21(24)23-18)30-13-17(26)27/h4-8,17H,9-15H2,1-3H3;3-6,15,30H,7-13H2,1-2H3,(H,25,31);2-6,15H,7-13H2,1H3,(H,26,27). The summed E-state index contributed by atoms with van der Waals surface area (Å²) >= 11 is 0. The first kappa shape index (κ1) is 68.6. The van der Waals surface area contributed by atoms with E-state index in [1.807, 2.05) is 60.7 Å². The predicted molar refractivity (Wildman–Crippen MR) is 340 cm³/mol. The van der Waals surface area contributed by atoms with Crippen LogP contribution in [-0.2, 0) is 84.8 Å². The highest BCUT2D eigenvalue weighted by Crippen LogP contribution is 2.48. The number of likely N-dealkylation sites (N-methyl/N-ethyl adjacent to an activating group) is 2. The van der Waals surface area contributed by atoms with E-state index in [9.17, 15) is 52.6 Å². The minimum absolute atomic E-state index is 0.0180. The first-order valence-corrected chi connectivity index (χ1v) is 32.0. The Bertz CT molecular complexity index is 4040. The molecule has 0 spiro atoms. The first-order valence-electron chi connectivity index (χ1n) is 32.0. The van der Waals surface area contributed by atoms with Crippen LogP contribution in [0.5, 0.6) is 17.2 Å². The van der Waals surface area contributed by atoms with Crippen LogP contribution >= 0.6 is 0 Å². The molecular weight excluding hydrogens is 1230 g/mol. The Labute approximate surface area is 547 Å². The maximum absolute atomic E-state index is 13.5. The molecular formula is C69H80FN9O16. The second kappa shape index (κ2) is 29.2. The lowest BCUT2D eigenvalue weighted by Crippen LogP contribution is -2.41. The van der Waals surface area contributed by atoms with Crippen molar-refractivity contribution in [2.24, 2.45) is 17.8 Å². The fourth-order valence-electron chi connectivity index (χ4n) is 13.3. The van der Waals surface area contributed by atoms with Crippen LogP contribution in [0, 0.1) is 23.6 Å². The Balaban J connectivity index is 0.000000155. The summed E-state index contributed by atoms with van der Waals surface area (Å²) in [4.78, 5) is 130. The van der Waals surface area contributed by atoms with E-state index >= 15 is 0 Å². The van der Waals surface area contributed by atoms with E-state index in [-0.39, 0.29) is 108 Å². The van der Waals surface area contributed by atoms with Gasteiger partial charge in [-0.15, -0.1) is 0 Å². The average molecular weight is 1310 g/mol. The number of carboxylic acid groups (broad SMARTS) is 1. The number of carbonyl (C=O) groups is 6. The Kier molecular flexibility index (Phi) is 21.1. The molecule has 3 aliphatic carbocycles. The lowest BCUT2D eigenvalue weighted by atomic mass is 9.80. The molecule has 0 radical (unpaired) electrons. The number of aliphatic carboxylic acids is 1. The van der Waals surface area contributed by atoms with E-state index in [1.165, 1.54) is 57.0 Å². The van der Waals surface area contributed by atoms with Gasteiger partial charge < -0.3 is 49.0 Å². The van der Waals surface area contributed by atoms with Crippen molar-refractivity contribution in [2.75, 3.05) is 48.0 Å². The second-order valence-corrected chi connectivity index (χ2v) is 25.7. The molecule has 3 amide bonds. The van der Waals surface area contributed by atoms with Crippen LogP contribution in [0.15, 0.2) is 99.3 Å². The molecule has 504 valence electrons. The van der Waals surface area contributed by atoms with Gasteiger partial charge in [-0.2, -0.15) is 0 Å². The third-order valence-electron chi connectivity index (χ3n) is 18.8. The number of halogens is 1. The monoisotopic (exact) mass is 1310 g/mol. The Morgan fingerprint density at radius 1 is 0.526 bits per heavy atom. The van der Waals surface area contributed by atoms with Gasteiger partial charge in [0, 0.05) is 68.2 Å². The van der Waals surface area contributed by atoms with Gasteiger partial charge >= 0.3 is 5.97 Å². The highest BCUT2D eigenvalue weighted by Gasteiger charge is 2.49. The number of rotatable bonds is 20. The summed E-state index contributed by atoms with van der Waals surface area (Å²) in [5.74, 6) is -2.25. The maximum Gasteiger partial charge on any atom is 0.329 e. The predicted octanol–water partition coefficient (Wildman–Crippen LogP) is 6.58. The molecule has 0 unspecified atom stereocenters. The van der Waals surface area contributed by atoms with Gasteiger partial charge in [0.05, 0.1) is 0 Å². The number of amides is 3. The zero-order valence-corrected chi connectivity index (χ0v) is 54.2. The smallest absolute Gasteiger partial charge is 0.329 e. The number of aromatic hydroxyl groups is 1. The summed E-state index contributed by atoms with van der Waals surface area (Å²) in [7, 11) is 6.61. The van der Waals surface area contributed by atoms with Crippen molar-refractivity contribution in [3.63, 3.8) is 0 Å². The van der Waals surface area contributed by atoms with Crippen molar-refractivity contribution >= 4 is 35.3 Å². The molecule has 15 rings (SSSR count). The third kappa shape index (κ3) is 15.1. The van der Waals surface area contributed by atoms with Crippen LogP contribution in [0.25, 0.3) is 0 Å². The van der Waals surface area contributed by atoms with Gasteiger partial charge in [-0.05, 0) is 124 Å². The van der Waals surface area contributed by atoms with E-state index in [0.29, 0.717) is 81.3 Å². The first-order chi connectivity index (χ1) is 45.4. The van der Waals surface area contributed by atoms with Crippen LogP contribution in [0.2, 0.25) is 0 Å². The molecule has 26 heteroatoms. The van der Waals surface area contributed by atoms with E-state index < -0.39 is 58.0 Å². The molecule has 3 fully saturated rings. The average Bonchev–Trinajstić information content (AvgIpc) is 1.75. The van der Waals surface area contributed by atoms with Crippen molar-refractivity contribution in [3.8, 4) is 17.2 Å². The molecule has 9 heterocycles. The van der Waals surface area contributed by atoms with E-state index in [1.54, 1.807) is 32.8 Å². The normalized spacial score (nSPS) is 21.7. The molecule has 6 bridgehead atoms. The molecule has 6 aliphatic heterocycles. The quantitative estimate of drug-likeness (QED) is 0.0680. The lowest BCUT2D eigenvalue weighted by molar-refractivity contribution is -0.154. The number of nitrogens with one attached hydrogen (secondary N) is 1. The van der Waals surface area contributed by atoms with Crippen molar-refractivity contribution in [1.29, 1.82) is 0 Å².